The number of thioether (sulfide) groups is 1. The topological polar surface area (TPSA) is 72.7 Å². The summed E-state index contributed by atoms with van der Waals surface area (Å²) in [6, 6.07) is 4.80. The predicted molar refractivity (Wildman–Crippen MR) is 90.7 cm³/mol. The summed E-state index contributed by atoms with van der Waals surface area (Å²) in [6.07, 6.45) is -0.197. The molecule has 1 N–H and O–H groups in total. The van der Waals surface area contributed by atoms with E-state index < -0.39 is 22.9 Å². The van der Waals surface area contributed by atoms with Crippen molar-refractivity contribution in [2.45, 2.75) is 55.2 Å². The maximum absolute atomic E-state index is 12.8. The van der Waals surface area contributed by atoms with Crippen LogP contribution in [-0.4, -0.2) is 31.4 Å². The second-order valence-corrected chi connectivity index (χ2v) is 7.48. The summed E-state index contributed by atoms with van der Waals surface area (Å²) in [5.74, 6) is -0.407. The minimum absolute atomic E-state index is 0.104. The summed E-state index contributed by atoms with van der Waals surface area (Å²) >= 11 is 1.19. The van der Waals surface area contributed by atoms with Crippen molar-refractivity contribution in [3.8, 4) is 0 Å². The van der Waals surface area contributed by atoms with Gasteiger partial charge in [-0.15, -0.1) is 5.10 Å². The van der Waals surface area contributed by atoms with Gasteiger partial charge in [0, 0.05) is 5.69 Å². The van der Waals surface area contributed by atoms with Crippen LogP contribution < -0.4 is 5.32 Å². The number of tetrazole rings is 1. The fraction of sp³-hybridized carbons (Fsp3) is 0.500. The minimum atomic E-state index is -4.45. The van der Waals surface area contributed by atoms with Crippen molar-refractivity contribution < 1.29 is 18.0 Å². The van der Waals surface area contributed by atoms with E-state index in [9.17, 15) is 18.0 Å². The van der Waals surface area contributed by atoms with E-state index in [1.54, 1.807) is 11.6 Å². The highest BCUT2D eigenvalue weighted by Crippen LogP contribution is 2.33. The lowest BCUT2D eigenvalue weighted by molar-refractivity contribution is -0.137. The smallest absolute Gasteiger partial charge is 0.325 e. The number of hydrogen-bond acceptors (Lipinski definition) is 5. The Bertz CT molecular complexity index is 773. The van der Waals surface area contributed by atoms with Gasteiger partial charge in [0.2, 0.25) is 11.1 Å². The molecule has 3 rings (SSSR count). The van der Waals surface area contributed by atoms with Crippen LogP contribution in [0.4, 0.5) is 18.9 Å². The number of benzene rings is 1. The van der Waals surface area contributed by atoms with Gasteiger partial charge in [-0.2, -0.15) is 13.2 Å². The number of carbonyl (C=O) groups excluding carboxylic acids is 1. The third-order valence-electron chi connectivity index (χ3n) is 4.24. The molecule has 10 heteroatoms. The summed E-state index contributed by atoms with van der Waals surface area (Å²) in [4.78, 5) is 12.3. The lowest BCUT2D eigenvalue weighted by atomic mass is 10.2. The van der Waals surface area contributed by atoms with Crippen molar-refractivity contribution in [3.05, 3.63) is 29.8 Å². The average Bonchev–Trinajstić information content (AvgIpc) is 3.25. The van der Waals surface area contributed by atoms with Crippen LogP contribution in [0.1, 0.15) is 44.2 Å². The molecule has 2 aromatic rings. The summed E-state index contributed by atoms with van der Waals surface area (Å²) in [6.45, 7) is 1.67. The van der Waals surface area contributed by atoms with Crippen LogP contribution >= 0.6 is 11.8 Å². The van der Waals surface area contributed by atoms with Crippen LogP contribution in [0, 0.1) is 0 Å². The number of aromatic nitrogens is 4. The summed E-state index contributed by atoms with van der Waals surface area (Å²) in [5, 5.41) is 14.2. The second-order valence-electron chi connectivity index (χ2n) is 6.17. The molecule has 1 saturated carbocycles. The largest absolute Gasteiger partial charge is 0.416 e. The Kier molecular flexibility index (Phi) is 5.49. The monoisotopic (exact) mass is 385 g/mol. The number of nitrogens with zero attached hydrogens (tertiary/aromatic N) is 4. The maximum Gasteiger partial charge on any atom is 0.416 e. The highest BCUT2D eigenvalue weighted by atomic mass is 32.2. The van der Waals surface area contributed by atoms with Gasteiger partial charge in [-0.25, -0.2) is 4.68 Å². The quantitative estimate of drug-likeness (QED) is 0.790. The molecule has 0 aliphatic heterocycles. The van der Waals surface area contributed by atoms with Gasteiger partial charge in [-0.3, -0.25) is 4.79 Å². The normalized spacial score (nSPS) is 16.6. The zero-order valence-electron chi connectivity index (χ0n) is 14.0. The van der Waals surface area contributed by atoms with E-state index in [1.165, 1.54) is 23.9 Å². The molecule has 26 heavy (non-hydrogen) atoms. The van der Waals surface area contributed by atoms with E-state index in [0.717, 1.165) is 37.8 Å². The summed E-state index contributed by atoms with van der Waals surface area (Å²) in [7, 11) is 0. The van der Waals surface area contributed by atoms with Gasteiger partial charge in [0.05, 0.1) is 16.9 Å². The lowest BCUT2D eigenvalue weighted by Gasteiger charge is -2.15. The van der Waals surface area contributed by atoms with Crippen molar-refractivity contribution in [2.75, 3.05) is 5.32 Å². The summed E-state index contributed by atoms with van der Waals surface area (Å²) in [5.41, 5.74) is -0.701. The number of halogens is 3. The lowest BCUT2D eigenvalue weighted by Crippen LogP contribution is -2.23. The fourth-order valence-corrected chi connectivity index (χ4v) is 3.73. The predicted octanol–water partition coefficient (Wildman–Crippen LogP) is 3.93. The van der Waals surface area contributed by atoms with E-state index in [-0.39, 0.29) is 11.7 Å². The molecule has 1 aromatic heterocycles. The number of nitrogens with one attached hydrogen (secondary N) is 1. The fourth-order valence-electron chi connectivity index (χ4n) is 2.87. The molecule has 0 bridgehead atoms. The third kappa shape index (κ3) is 4.35. The zero-order chi connectivity index (χ0) is 18.7. The first-order valence-electron chi connectivity index (χ1n) is 8.27. The number of anilines is 1. The van der Waals surface area contributed by atoms with Crippen LogP contribution in [-0.2, 0) is 11.0 Å². The Morgan fingerprint density at radius 1 is 1.35 bits per heavy atom. The van der Waals surface area contributed by atoms with Crippen molar-refractivity contribution in [1.82, 2.24) is 20.2 Å². The second kappa shape index (κ2) is 7.65. The molecule has 0 spiro atoms. The number of hydrogen-bond donors (Lipinski definition) is 1. The Morgan fingerprint density at radius 2 is 2.08 bits per heavy atom. The number of rotatable bonds is 5. The van der Waals surface area contributed by atoms with Crippen LogP contribution in [0.25, 0.3) is 0 Å². The van der Waals surface area contributed by atoms with E-state index in [2.05, 4.69) is 20.8 Å². The van der Waals surface area contributed by atoms with Gasteiger partial charge in [0.1, 0.15) is 0 Å². The third-order valence-corrected chi connectivity index (χ3v) is 5.29. The minimum Gasteiger partial charge on any atom is -0.325 e. The van der Waals surface area contributed by atoms with Gasteiger partial charge in [0.15, 0.2) is 0 Å². The Morgan fingerprint density at radius 3 is 2.77 bits per heavy atom. The zero-order valence-corrected chi connectivity index (χ0v) is 14.8. The van der Waals surface area contributed by atoms with E-state index in [0.29, 0.717) is 5.16 Å². The molecule has 1 amide bonds. The van der Waals surface area contributed by atoms with Crippen LogP contribution in [0.5, 0.6) is 0 Å². The van der Waals surface area contributed by atoms with Crippen molar-refractivity contribution in [1.29, 1.82) is 0 Å². The molecule has 1 unspecified atom stereocenters. The highest BCUT2D eigenvalue weighted by Gasteiger charge is 2.31. The molecule has 1 aliphatic rings. The van der Waals surface area contributed by atoms with Gasteiger partial charge >= 0.3 is 6.18 Å². The van der Waals surface area contributed by atoms with E-state index in [4.69, 9.17) is 0 Å². The van der Waals surface area contributed by atoms with Gasteiger partial charge in [0.25, 0.3) is 0 Å². The first-order valence-corrected chi connectivity index (χ1v) is 9.15. The first-order chi connectivity index (χ1) is 12.3. The van der Waals surface area contributed by atoms with E-state index in [1.807, 2.05) is 0 Å². The van der Waals surface area contributed by atoms with Gasteiger partial charge in [-0.1, -0.05) is 30.7 Å². The molecule has 1 aliphatic carbocycles. The Hall–Kier alpha value is -2.10. The van der Waals surface area contributed by atoms with Crippen molar-refractivity contribution >= 4 is 23.4 Å². The first kappa shape index (κ1) is 18.7. The molecule has 0 radical (unpaired) electrons. The number of carbonyl (C=O) groups is 1. The standard InChI is InChI=1S/C16H18F3N5OS/c1-10(26-15-21-22-23-24(15)13-7-2-3-8-13)14(25)20-12-6-4-5-11(9-12)16(17,18)19/h4-6,9-10,13H,2-3,7-8H2,1H3,(H,20,25). The van der Waals surface area contributed by atoms with E-state index >= 15 is 0 Å². The highest BCUT2D eigenvalue weighted by molar-refractivity contribution is 8.00. The Balaban J connectivity index is 1.65. The SMILES string of the molecule is CC(Sc1nnnn1C1CCCC1)C(=O)Nc1cccc(C(F)(F)F)c1. The molecule has 1 heterocycles. The van der Waals surface area contributed by atoms with Crippen LogP contribution in [0.2, 0.25) is 0 Å². The van der Waals surface area contributed by atoms with Crippen molar-refractivity contribution in [3.63, 3.8) is 0 Å². The van der Waals surface area contributed by atoms with Crippen LogP contribution in [0.3, 0.4) is 0 Å². The molecular formula is C16H18F3N5OS. The molecule has 140 valence electrons. The molecule has 1 aromatic carbocycles. The van der Waals surface area contributed by atoms with Gasteiger partial charge in [-0.05, 0) is 48.4 Å². The van der Waals surface area contributed by atoms with Crippen LogP contribution in [0.15, 0.2) is 29.4 Å². The molecule has 1 atom stereocenters. The molecule has 0 saturated heterocycles. The molecular weight excluding hydrogens is 367 g/mol. The van der Waals surface area contributed by atoms with Gasteiger partial charge < -0.3 is 5.32 Å². The number of amides is 1. The number of alkyl halides is 3. The van der Waals surface area contributed by atoms with Crippen molar-refractivity contribution in [2.24, 2.45) is 0 Å². The average molecular weight is 385 g/mol. The Labute approximate surface area is 152 Å². The maximum atomic E-state index is 12.8. The summed E-state index contributed by atoms with van der Waals surface area (Å²) < 4.78 is 40.0. The molecule has 1 fully saturated rings. The molecule has 6 nitrogen and oxygen atoms in total.